The summed E-state index contributed by atoms with van der Waals surface area (Å²) >= 11 is 0. The number of benzene rings is 2. The molecule has 6 nitrogen and oxygen atoms in total. The van der Waals surface area contributed by atoms with Crippen LogP contribution in [0.2, 0.25) is 0 Å². The molecule has 0 spiro atoms. The van der Waals surface area contributed by atoms with Gasteiger partial charge in [0, 0.05) is 12.8 Å². The van der Waals surface area contributed by atoms with Crippen molar-refractivity contribution in [2.24, 2.45) is 0 Å². The predicted molar refractivity (Wildman–Crippen MR) is 167 cm³/mol. The van der Waals surface area contributed by atoms with E-state index in [4.69, 9.17) is 9.47 Å². The minimum Gasteiger partial charge on any atom is -0.446 e. The number of Topliss-reactive ketones (excluding diaryl/α,β-unsaturated/α-hetero) is 2. The van der Waals surface area contributed by atoms with Crippen LogP contribution in [0.25, 0.3) is 0 Å². The molecule has 0 aliphatic heterocycles. The van der Waals surface area contributed by atoms with Gasteiger partial charge in [-0.25, -0.2) is 9.59 Å². The van der Waals surface area contributed by atoms with Gasteiger partial charge in [0.1, 0.15) is 0 Å². The molecule has 230 valence electrons. The van der Waals surface area contributed by atoms with Crippen molar-refractivity contribution >= 4 is 23.5 Å². The van der Waals surface area contributed by atoms with Gasteiger partial charge in [-0.1, -0.05) is 127 Å². The maximum absolute atomic E-state index is 13.6. The van der Waals surface area contributed by atoms with Crippen LogP contribution in [0.3, 0.4) is 0 Å². The molecule has 0 amide bonds. The molecule has 2 aromatic carbocycles. The van der Waals surface area contributed by atoms with E-state index in [0.717, 1.165) is 38.5 Å². The molecular formula is C36H50O6. The van der Waals surface area contributed by atoms with Crippen molar-refractivity contribution in [1.29, 1.82) is 0 Å². The number of ether oxygens (including phenoxy) is 2. The molecule has 0 bridgehead atoms. The van der Waals surface area contributed by atoms with Gasteiger partial charge in [-0.05, 0) is 37.1 Å². The summed E-state index contributed by atoms with van der Waals surface area (Å²) in [5.41, 5.74) is 0.526. The van der Waals surface area contributed by atoms with Crippen molar-refractivity contribution in [3.05, 3.63) is 71.8 Å². The van der Waals surface area contributed by atoms with Gasteiger partial charge in [-0.3, -0.25) is 9.59 Å². The lowest BCUT2D eigenvalue weighted by Crippen LogP contribution is -2.46. The summed E-state index contributed by atoms with van der Waals surface area (Å²) < 4.78 is 11.4. The molecule has 0 radical (unpaired) electrons. The number of carbonyl (C=O) groups is 4. The third-order valence-electron chi connectivity index (χ3n) is 7.45. The summed E-state index contributed by atoms with van der Waals surface area (Å²) in [6, 6.07) is 16.7. The lowest BCUT2D eigenvalue weighted by atomic mass is 9.96. The number of unbranched alkanes of at least 4 members (excludes halogenated alkanes) is 12. The molecule has 6 heteroatoms. The molecule has 2 aromatic rings. The highest BCUT2D eigenvalue weighted by Crippen LogP contribution is 2.20. The molecule has 42 heavy (non-hydrogen) atoms. The summed E-state index contributed by atoms with van der Waals surface area (Å²) in [5.74, 6) is -2.24. The highest BCUT2D eigenvalue weighted by atomic mass is 16.6. The van der Waals surface area contributed by atoms with Gasteiger partial charge in [0.2, 0.25) is 12.2 Å². The zero-order chi connectivity index (χ0) is 30.4. The fraction of sp³-hybridized carbons (Fsp3) is 0.556. The fourth-order valence-electron chi connectivity index (χ4n) is 4.91. The van der Waals surface area contributed by atoms with Crippen LogP contribution < -0.4 is 0 Å². The largest absolute Gasteiger partial charge is 0.446 e. The highest BCUT2D eigenvalue weighted by Gasteiger charge is 2.39. The Labute approximate surface area is 252 Å². The highest BCUT2D eigenvalue weighted by molar-refractivity contribution is 5.99. The van der Waals surface area contributed by atoms with E-state index in [-0.39, 0.29) is 24.0 Å². The normalized spacial score (nSPS) is 12.3. The Morgan fingerprint density at radius 1 is 0.476 bits per heavy atom. The lowest BCUT2D eigenvalue weighted by molar-refractivity contribution is -0.145. The van der Waals surface area contributed by atoms with E-state index >= 15 is 0 Å². The van der Waals surface area contributed by atoms with Gasteiger partial charge < -0.3 is 9.47 Å². The summed E-state index contributed by atoms with van der Waals surface area (Å²) in [4.78, 5) is 53.3. The first-order valence-electron chi connectivity index (χ1n) is 16.0. The molecule has 0 aliphatic carbocycles. The lowest BCUT2D eigenvalue weighted by Gasteiger charge is -2.25. The van der Waals surface area contributed by atoms with Gasteiger partial charge >= 0.3 is 11.9 Å². The third kappa shape index (κ3) is 13.6. The number of rotatable bonds is 23. The van der Waals surface area contributed by atoms with E-state index in [0.29, 0.717) is 12.8 Å². The summed E-state index contributed by atoms with van der Waals surface area (Å²) in [7, 11) is 0. The molecule has 0 saturated heterocycles. The second-order valence-electron chi connectivity index (χ2n) is 11.1. The van der Waals surface area contributed by atoms with Crippen molar-refractivity contribution in [1.82, 2.24) is 0 Å². The Morgan fingerprint density at radius 3 is 1.12 bits per heavy atom. The van der Waals surface area contributed by atoms with Crippen LogP contribution in [0.5, 0.6) is 0 Å². The fourth-order valence-corrected chi connectivity index (χ4v) is 4.91. The molecule has 0 fully saturated rings. The molecule has 0 aromatic heterocycles. The minimum absolute atomic E-state index is 0.143. The van der Waals surface area contributed by atoms with E-state index in [1.807, 2.05) is 0 Å². The number of hydrogen-bond acceptors (Lipinski definition) is 6. The second kappa shape index (κ2) is 21.4. The third-order valence-corrected chi connectivity index (χ3v) is 7.45. The number of carbonyl (C=O) groups excluding carboxylic acids is 4. The SMILES string of the molecule is CCCCCCCCCC(=O)[C@H](OC(=O)c1ccccc1)[C@@H](OC(=O)c1ccccc1)C(=O)CCCCCCCCC. The Kier molecular flexibility index (Phi) is 17.8. The zero-order valence-corrected chi connectivity index (χ0v) is 25.7. The van der Waals surface area contributed by atoms with Gasteiger partial charge in [0.15, 0.2) is 11.6 Å². The molecule has 2 rings (SSSR count). The van der Waals surface area contributed by atoms with Crippen LogP contribution in [-0.2, 0) is 19.1 Å². The van der Waals surface area contributed by atoms with Crippen molar-refractivity contribution in [2.45, 2.75) is 129 Å². The van der Waals surface area contributed by atoms with E-state index in [1.54, 1.807) is 60.7 Å². The zero-order valence-electron chi connectivity index (χ0n) is 25.7. The molecule has 0 heterocycles. The van der Waals surface area contributed by atoms with Crippen LogP contribution in [0.1, 0.15) is 137 Å². The first kappa shape index (κ1) is 34.9. The number of ketones is 2. The smallest absolute Gasteiger partial charge is 0.338 e. The van der Waals surface area contributed by atoms with Crippen LogP contribution in [0.15, 0.2) is 60.7 Å². The Bertz CT molecular complexity index is 964. The molecule has 0 unspecified atom stereocenters. The van der Waals surface area contributed by atoms with Gasteiger partial charge in [-0.2, -0.15) is 0 Å². The van der Waals surface area contributed by atoms with E-state index in [2.05, 4.69) is 13.8 Å². The molecule has 0 N–H and O–H groups in total. The van der Waals surface area contributed by atoms with Crippen molar-refractivity contribution in [3.8, 4) is 0 Å². The number of hydrogen-bond donors (Lipinski definition) is 0. The average Bonchev–Trinajstić information content (AvgIpc) is 3.02. The van der Waals surface area contributed by atoms with Crippen LogP contribution in [0, 0.1) is 0 Å². The van der Waals surface area contributed by atoms with E-state index in [1.165, 1.54) is 38.5 Å². The maximum Gasteiger partial charge on any atom is 0.338 e. The number of esters is 2. The average molecular weight is 579 g/mol. The van der Waals surface area contributed by atoms with Crippen LogP contribution >= 0.6 is 0 Å². The van der Waals surface area contributed by atoms with Crippen LogP contribution in [-0.4, -0.2) is 35.7 Å². The summed E-state index contributed by atoms with van der Waals surface area (Å²) in [6.07, 6.45) is 11.6. The molecular weight excluding hydrogens is 528 g/mol. The van der Waals surface area contributed by atoms with Gasteiger partial charge in [0.25, 0.3) is 0 Å². The molecule has 0 saturated carbocycles. The Hall–Kier alpha value is -3.28. The Morgan fingerprint density at radius 2 is 0.786 bits per heavy atom. The van der Waals surface area contributed by atoms with E-state index in [9.17, 15) is 19.2 Å². The monoisotopic (exact) mass is 578 g/mol. The van der Waals surface area contributed by atoms with Crippen molar-refractivity contribution < 1.29 is 28.7 Å². The van der Waals surface area contributed by atoms with Crippen LogP contribution in [0.4, 0.5) is 0 Å². The second-order valence-corrected chi connectivity index (χ2v) is 11.1. The molecule has 2 atom stereocenters. The first-order chi connectivity index (χ1) is 20.5. The topological polar surface area (TPSA) is 86.7 Å². The van der Waals surface area contributed by atoms with Crippen molar-refractivity contribution in [2.75, 3.05) is 0 Å². The van der Waals surface area contributed by atoms with Gasteiger partial charge in [-0.15, -0.1) is 0 Å². The summed E-state index contributed by atoms with van der Waals surface area (Å²) in [5, 5.41) is 0. The minimum atomic E-state index is -1.50. The first-order valence-corrected chi connectivity index (χ1v) is 16.0. The predicted octanol–water partition coefficient (Wildman–Crippen LogP) is 8.86. The van der Waals surface area contributed by atoms with E-state index < -0.39 is 35.7 Å². The molecule has 0 aliphatic rings. The quantitative estimate of drug-likeness (QED) is 0.0967. The Balaban J connectivity index is 2.19. The standard InChI is InChI=1S/C36H50O6/c1-3-5-7-9-11-13-21-27-31(37)33(41-35(39)29-23-17-15-18-24-29)34(42-36(40)30-25-19-16-20-26-30)32(38)28-22-14-12-10-8-6-4-2/h15-20,23-26,33-34H,3-14,21-22,27-28H2,1-2H3/t33-,34-/m0/s1. The van der Waals surface area contributed by atoms with Gasteiger partial charge in [0.05, 0.1) is 11.1 Å². The van der Waals surface area contributed by atoms with Crippen molar-refractivity contribution in [3.63, 3.8) is 0 Å². The maximum atomic E-state index is 13.6. The summed E-state index contributed by atoms with van der Waals surface area (Å²) in [6.45, 7) is 4.34.